The summed E-state index contributed by atoms with van der Waals surface area (Å²) >= 11 is 0. The van der Waals surface area contributed by atoms with Crippen molar-refractivity contribution in [2.24, 2.45) is 15.8 Å². The summed E-state index contributed by atoms with van der Waals surface area (Å²) in [5.41, 5.74) is 1.16. The number of rotatable bonds is 5. The van der Waals surface area contributed by atoms with Crippen molar-refractivity contribution in [3.63, 3.8) is 0 Å². The Kier molecular flexibility index (Phi) is 6.64. The molecule has 5 rings (SSSR count). The number of nitrogens with one attached hydrogen (secondary N) is 1. The Bertz CT molecular complexity index is 1430. The Balaban J connectivity index is 1.38. The Labute approximate surface area is 215 Å². The summed E-state index contributed by atoms with van der Waals surface area (Å²) in [5, 5.41) is 11.5. The number of hydrogen-bond acceptors (Lipinski definition) is 8. The number of amidine groups is 1. The first kappa shape index (κ1) is 25.4. The molecule has 1 saturated heterocycles. The highest BCUT2D eigenvalue weighted by Gasteiger charge is 2.46. The summed E-state index contributed by atoms with van der Waals surface area (Å²) in [6, 6.07) is 10.1. The fraction of sp³-hybridized carbons (Fsp3) is 0.240. The maximum absolute atomic E-state index is 13.0. The number of aromatic nitrogens is 1. The van der Waals surface area contributed by atoms with Gasteiger partial charge in [0.2, 0.25) is 5.70 Å². The topological polar surface area (TPSA) is 129 Å². The summed E-state index contributed by atoms with van der Waals surface area (Å²) in [7, 11) is 0. The first-order chi connectivity index (χ1) is 18.2. The average Bonchev–Trinajstić information content (AvgIpc) is 3.22. The molecule has 1 amide bonds. The second-order valence-electron chi connectivity index (χ2n) is 8.77. The molecule has 1 fully saturated rings. The van der Waals surface area contributed by atoms with E-state index < -0.39 is 23.8 Å². The number of aliphatic imine (C=N–C) groups is 2. The van der Waals surface area contributed by atoms with Gasteiger partial charge in [0.15, 0.2) is 0 Å². The van der Waals surface area contributed by atoms with Crippen LogP contribution in [0.5, 0.6) is 0 Å². The number of anilines is 1. The van der Waals surface area contributed by atoms with Crippen LogP contribution in [0.25, 0.3) is 0 Å². The van der Waals surface area contributed by atoms with Crippen LogP contribution in [0.1, 0.15) is 21.5 Å². The Morgan fingerprint density at radius 2 is 2.08 bits per heavy atom. The van der Waals surface area contributed by atoms with Crippen LogP contribution in [-0.2, 0) is 10.9 Å². The number of halogens is 3. The van der Waals surface area contributed by atoms with Gasteiger partial charge in [0.25, 0.3) is 11.7 Å². The number of allylic oxidation sites excluding steroid dienone is 1. The van der Waals surface area contributed by atoms with E-state index >= 15 is 0 Å². The van der Waals surface area contributed by atoms with E-state index in [4.69, 9.17) is 20.8 Å². The van der Waals surface area contributed by atoms with E-state index in [2.05, 4.69) is 21.4 Å². The molecule has 38 heavy (non-hydrogen) atoms. The van der Waals surface area contributed by atoms with Crippen LogP contribution < -0.4 is 11.2 Å². The van der Waals surface area contributed by atoms with Crippen molar-refractivity contribution < 1.29 is 27.3 Å². The van der Waals surface area contributed by atoms with Crippen LogP contribution in [-0.4, -0.2) is 64.8 Å². The highest BCUT2D eigenvalue weighted by atomic mass is 19.4. The molecule has 3 aliphatic heterocycles. The quantitative estimate of drug-likeness (QED) is 0.352. The van der Waals surface area contributed by atoms with Gasteiger partial charge < -0.3 is 10.1 Å². The van der Waals surface area contributed by atoms with Gasteiger partial charge in [-0.05, 0) is 36.4 Å². The molecule has 3 N–H and O–H groups in total. The third-order valence-corrected chi connectivity index (χ3v) is 6.31. The minimum absolute atomic E-state index is 0.210. The number of morpholine rings is 1. The number of nitrogens with two attached hydrogens (primary N) is 1. The fourth-order valence-corrected chi connectivity index (χ4v) is 4.39. The molecule has 3 aliphatic rings. The minimum atomic E-state index is -4.55. The second kappa shape index (κ2) is 9.92. The SMILES string of the molecule is N#CCN1CCO[C@@H](C2=C3C=NC=C[N+]3(N)C(c3ccc(C(=O)Nc4cc(C(F)(F)F)ccn4)cc3)=N2)C1. The summed E-state index contributed by atoms with van der Waals surface area (Å²) in [6.07, 6.45) is 0.892. The predicted molar refractivity (Wildman–Crippen MR) is 131 cm³/mol. The lowest BCUT2D eigenvalue weighted by Crippen LogP contribution is -2.53. The third kappa shape index (κ3) is 4.85. The number of hydrogen-bond donors (Lipinski definition) is 2. The van der Waals surface area contributed by atoms with Crippen molar-refractivity contribution >= 4 is 23.8 Å². The number of alkyl halides is 3. The lowest BCUT2D eigenvalue weighted by molar-refractivity contribution is -0.750. The van der Waals surface area contributed by atoms with E-state index in [0.717, 1.165) is 18.3 Å². The normalized spacial score (nSPS) is 23.1. The van der Waals surface area contributed by atoms with Crippen LogP contribution in [0.2, 0.25) is 0 Å². The molecule has 1 aromatic heterocycles. The third-order valence-electron chi connectivity index (χ3n) is 6.31. The molecule has 0 saturated carbocycles. The Morgan fingerprint density at radius 3 is 2.82 bits per heavy atom. The molecule has 1 unspecified atom stereocenters. The maximum Gasteiger partial charge on any atom is 0.416 e. The molecule has 0 radical (unpaired) electrons. The van der Waals surface area contributed by atoms with Crippen molar-refractivity contribution in [1.82, 2.24) is 9.88 Å². The molecule has 13 heteroatoms. The number of quaternary nitrogens is 1. The Hall–Kier alpha value is -4.22. The van der Waals surface area contributed by atoms with E-state index in [0.29, 0.717) is 42.5 Å². The van der Waals surface area contributed by atoms with Gasteiger partial charge >= 0.3 is 6.18 Å². The zero-order chi connectivity index (χ0) is 26.9. The minimum Gasteiger partial charge on any atom is -0.369 e. The Morgan fingerprint density at radius 1 is 1.29 bits per heavy atom. The van der Waals surface area contributed by atoms with E-state index in [1.807, 2.05) is 4.90 Å². The molecule has 0 bridgehead atoms. The molecule has 1 aromatic carbocycles. The molecular formula is C25H22F3N8O2+. The van der Waals surface area contributed by atoms with Crippen LogP contribution in [0, 0.1) is 11.3 Å². The van der Waals surface area contributed by atoms with E-state index in [1.165, 1.54) is 12.1 Å². The molecule has 0 spiro atoms. The highest BCUT2D eigenvalue weighted by Crippen LogP contribution is 2.34. The van der Waals surface area contributed by atoms with Crippen LogP contribution in [0.4, 0.5) is 19.0 Å². The number of nitrogens with zero attached hydrogens (tertiary/aromatic N) is 6. The van der Waals surface area contributed by atoms with Crippen LogP contribution in [0.15, 0.2) is 76.4 Å². The smallest absolute Gasteiger partial charge is 0.369 e. The summed E-state index contributed by atoms with van der Waals surface area (Å²) in [4.78, 5) is 27.5. The van der Waals surface area contributed by atoms with Gasteiger partial charge in [-0.3, -0.25) is 14.7 Å². The number of fused-ring (bicyclic) bond motifs is 1. The first-order valence-corrected chi connectivity index (χ1v) is 11.6. The van der Waals surface area contributed by atoms with Crippen LogP contribution >= 0.6 is 0 Å². The van der Waals surface area contributed by atoms with Gasteiger partial charge in [-0.15, -0.1) is 4.59 Å². The molecule has 10 nitrogen and oxygen atoms in total. The number of carbonyl (C=O) groups is 1. The number of ether oxygens (including phenoxy) is 1. The van der Waals surface area contributed by atoms with E-state index in [-0.39, 0.29) is 22.5 Å². The van der Waals surface area contributed by atoms with Gasteiger partial charge in [0.05, 0.1) is 42.8 Å². The lowest BCUT2D eigenvalue weighted by atomic mass is 10.1. The largest absolute Gasteiger partial charge is 0.416 e. The number of nitriles is 1. The van der Waals surface area contributed by atoms with Gasteiger partial charge in [-0.1, -0.05) is 0 Å². The maximum atomic E-state index is 13.0. The average molecular weight is 523 g/mol. The zero-order valence-electron chi connectivity index (χ0n) is 19.9. The molecule has 194 valence electrons. The standard InChI is InChI=1S/C25H21F3N8O2/c26-25(27,28)18-5-7-32-21(13-18)33-24(37)17-3-1-16(2-4-17)23-34-22(19-14-31-8-11-36(19,23)30)20-15-35(9-6-29)10-12-38-20/h1-5,7-8,11,13-14,20H,9-10,12,15,30H2/p+1/t20-,36?/m1/s1. The van der Waals surface area contributed by atoms with Gasteiger partial charge in [0.1, 0.15) is 23.8 Å². The zero-order valence-corrected chi connectivity index (χ0v) is 19.9. The molecule has 2 aromatic rings. The van der Waals surface area contributed by atoms with Crippen LogP contribution in [0.3, 0.4) is 0 Å². The lowest BCUT2D eigenvalue weighted by Gasteiger charge is -2.31. The van der Waals surface area contributed by atoms with Crippen molar-refractivity contribution in [3.8, 4) is 6.07 Å². The number of benzene rings is 1. The molecular weight excluding hydrogens is 501 g/mol. The summed E-state index contributed by atoms with van der Waals surface area (Å²) < 4.78 is 44.6. The second-order valence-corrected chi connectivity index (χ2v) is 8.77. The first-order valence-electron chi connectivity index (χ1n) is 11.6. The number of carbonyl (C=O) groups excluding carboxylic acids is 1. The fourth-order valence-electron chi connectivity index (χ4n) is 4.39. The van der Waals surface area contributed by atoms with Crippen molar-refractivity contribution in [3.05, 3.63) is 83.1 Å². The number of amides is 1. The van der Waals surface area contributed by atoms with Gasteiger partial charge in [-0.25, -0.2) is 4.98 Å². The van der Waals surface area contributed by atoms with Crippen molar-refractivity contribution in [1.29, 1.82) is 5.26 Å². The predicted octanol–water partition coefficient (Wildman–Crippen LogP) is 2.79. The summed E-state index contributed by atoms with van der Waals surface area (Å²) in [6.45, 7) is 1.83. The summed E-state index contributed by atoms with van der Waals surface area (Å²) in [5.74, 6) is 6.39. The van der Waals surface area contributed by atoms with Crippen molar-refractivity contribution in [2.45, 2.75) is 12.3 Å². The van der Waals surface area contributed by atoms with Gasteiger partial charge in [0, 0.05) is 24.8 Å². The van der Waals surface area contributed by atoms with E-state index in [1.54, 1.807) is 30.7 Å². The molecule has 4 heterocycles. The molecule has 2 atom stereocenters. The highest BCUT2D eigenvalue weighted by molar-refractivity contribution is 6.05. The number of pyridine rings is 1. The monoisotopic (exact) mass is 523 g/mol. The molecule has 0 aliphatic carbocycles. The van der Waals surface area contributed by atoms with Crippen molar-refractivity contribution in [2.75, 3.05) is 31.6 Å². The van der Waals surface area contributed by atoms with Gasteiger partial charge in [-0.2, -0.15) is 29.3 Å². The van der Waals surface area contributed by atoms with E-state index in [9.17, 15) is 18.0 Å².